The second-order valence-electron chi connectivity index (χ2n) is 4.77. The van der Waals surface area contributed by atoms with Crippen LogP contribution in [0.2, 0.25) is 0 Å². The maximum Gasteiger partial charge on any atom is 0.311 e. The van der Waals surface area contributed by atoms with Crippen molar-refractivity contribution in [1.29, 1.82) is 0 Å². The molecule has 0 amide bonds. The fourth-order valence-electron chi connectivity index (χ4n) is 2.33. The molecule has 4 atom stereocenters. The van der Waals surface area contributed by atoms with Gasteiger partial charge in [0.25, 0.3) is 0 Å². The van der Waals surface area contributed by atoms with Crippen LogP contribution < -0.4 is 0 Å². The second-order valence-corrected chi connectivity index (χ2v) is 5.08. The minimum absolute atomic E-state index is 0.0420. The topological polar surface area (TPSA) is 74.2 Å². The van der Waals surface area contributed by atoms with Crippen LogP contribution in [-0.2, 0) is 23.7 Å². The summed E-state index contributed by atoms with van der Waals surface area (Å²) < 4.78 is 21.5. The Balaban J connectivity index is 2.83. The van der Waals surface area contributed by atoms with E-state index in [1.54, 1.807) is 14.0 Å². The molecule has 0 spiro atoms. The summed E-state index contributed by atoms with van der Waals surface area (Å²) in [6.45, 7) is 2.02. The van der Waals surface area contributed by atoms with Gasteiger partial charge in [0.05, 0.1) is 37.2 Å². The number of ether oxygens (including phenoxy) is 4. The Hall–Kier alpha value is -0.400. The molecule has 0 aromatic rings. The average Bonchev–Trinajstić information content (AvgIpc) is 2.46. The molecule has 1 heterocycles. The van der Waals surface area contributed by atoms with Crippen LogP contribution in [0.3, 0.4) is 0 Å². The highest BCUT2D eigenvalue weighted by Crippen LogP contribution is 2.35. The minimum Gasteiger partial charge on any atom is -0.466 e. The Labute approximate surface area is 124 Å². The first kappa shape index (κ1) is 17.7. The lowest BCUT2D eigenvalue weighted by Crippen LogP contribution is -2.53. The van der Waals surface area contributed by atoms with Crippen LogP contribution in [-0.4, -0.2) is 61.9 Å². The maximum atomic E-state index is 11.7. The van der Waals surface area contributed by atoms with Gasteiger partial charge in [-0.15, -0.1) is 11.6 Å². The molecule has 0 aliphatic carbocycles. The van der Waals surface area contributed by atoms with Gasteiger partial charge in [-0.05, 0) is 6.92 Å². The number of hydrogen-bond donors (Lipinski definition) is 1. The van der Waals surface area contributed by atoms with Gasteiger partial charge in [0.2, 0.25) is 0 Å². The van der Waals surface area contributed by atoms with E-state index in [-0.39, 0.29) is 18.4 Å². The largest absolute Gasteiger partial charge is 0.466 e. The molecule has 6 nitrogen and oxygen atoms in total. The summed E-state index contributed by atoms with van der Waals surface area (Å²) in [4.78, 5) is 11.7. The highest BCUT2D eigenvalue weighted by Gasteiger charge is 2.46. The van der Waals surface area contributed by atoms with Gasteiger partial charge in [0, 0.05) is 27.1 Å². The molecule has 0 unspecified atom stereocenters. The lowest BCUT2D eigenvalue weighted by Gasteiger charge is -2.43. The molecule has 1 N–H and O–H groups in total. The van der Waals surface area contributed by atoms with Gasteiger partial charge in [-0.3, -0.25) is 4.79 Å². The standard InChI is InChI=1S/C13H23ClO6/c1-4-19-12(16)7-13(18-3)6-9(17-2)5-11(20-13)10(15)8-14/h9-11,15H,4-8H2,1-3H3/t9-,10-,11-,13+/m1/s1. The first-order valence-electron chi connectivity index (χ1n) is 6.65. The lowest BCUT2D eigenvalue weighted by molar-refractivity contribution is -0.300. The van der Waals surface area contributed by atoms with E-state index in [1.165, 1.54) is 7.11 Å². The predicted molar refractivity (Wildman–Crippen MR) is 72.6 cm³/mol. The van der Waals surface area contributed by atoms with Crippen molar-refractivity contribution in [1.82, 2.24) is 0 Å². The fourth-order valence-corrected chi connectivity index (χ4v) is 2.52. The number of rotatable bonds is 7. The summed E-state index contributed by atoms with van der Waals surface area (Å²) in [6.07, 6.45) is -0.723. The summed E-state index contributed by atoms with van der Waals surface area (Å²) in [5, 5.41) is 9.88. The molecule has 1 rings (SSSR count). The molecule has 0 radical (unpaired) electrons. The van der Waals surface area contributed by atoms with Gasteiger partial charge < -0.3 is 24.1 Å². The number of methoxy groups -OCH3 is 2. The van der Waals surface area contributed by atoms with Crippen molar-refractivity contribution in [3.8, 4) is 0 Å². The van der Waals surface area contributed by atoms with Crippen LogP contribution in [0.4, 0.5) is 0 Å². The van der Waals surface area contributed by atoms with Gasteiger partial charge >= 0.3 is 5.97 Å². The second kappa shape index (κ2) is 8.14. The minimum atomic E-state index is -1.15. The quantitative estimate of drug-likeness (QED) is 0.560. The number of aliphatic hydroxyl groups excluding tert-OH is 1. The fraction of sp³-hybridized carbons (Fsp3) is 0.923. The number of hydrogen-bond acceptors (Lipinski definition) is 6. The molecule has 0 aromatic carbocycles. The monoisotopic (exact) mass is 310 g/mol. The maximum absolute atomic E-state index is 11.7. The molecule has 118 valence electrons. The van der Waals surface area contributed by atoms with Crippen LogP contribution in [0.5, 0.6) is 0 Å². The SMILES string of the molecule is CCOC(=O)C[C@]1(OC)C[C@H](OC)C[C@H]([C@H](O)CCl)O1. The van der Waals surface area contributed by atoms with Crippen LogP contribution in [0.15, 0.2) is 0 Å². The van der Waals surface area contributed by atoms with Crippen molar-refractivity contribution >= 4 is 17.6 Å². The van der Waals surface area contributed by atoms with E-state index >= 15 is 0 Å². The van der Waals surface area contributed by atoms with E-state index < -0.39 is 24.0 Å². The van der Waals surface area contributed by atoms with E-state index in [0.717, 1.165) is 0 Å². The molecule has 0 bridgehead atoms. The Kier molecular flexibility index (Phi) is 7.19. The zero-order valence-electron chi connectivity index (χ0n) is 12.1. The van der Waals surface area contributed by atoms with E-state index in [2.05, 4.69) is 0 Å². The predicted octanol–water partition coefficient (Wildman–Crippen LogP) is 1.08. The smallest absolute Gasteiger partial charge is 0.311 e. The van der Waals surface area contributed by atoms with Gasteiger partial charge in [-0.1, -0.05) is 0 Å². The summed E-state index contributed by atoms with van der Waals surface area (Å²) in [5.74, 6) is -1.52. The van der Waals surface area contributed by atoms with E-state index in [1.807, 2.05) is 0 Å². The van der Waals surface area contributed by atoms with Crippen molar-refractivity contribution in [2.45, 2.75) is 50.3 Å². The molecule has 0 aromatic heterocycles. The normalized spacial score (nSPS) is 31.9. The van der Waals surface area contributed by atoms with Crippen LogP contribution >= 0.6 is 11.6 Å². The Bertz CT molecular complexity index is 313. The number of alkyl halides is 1. The third-order valence-corrected chi connectivity index (χ3v) is 3.73. The van der Waals surface area contributed by atoms with Gasteiger partial charge in [0.1, 0.15) is 0 Å². The number of carbonyl (C=O) groups is 1. The van der Waals surface area contributed by atoms with Crippen LogP contribution in [0.25, 0.3) is 0 Å². The molecule has 20 heavy (non-hydrogen) atoms. The van der Waals surface area contributed by atoms with E-state index in [0.29, 0.717) is 19.4 Å². The summed E-state index contributed by atoms with van der Waals surface area (Å²) >= 11 is 5.66. The lowest BCUT2D eigenvalue weighted by atomic mass is 9.93. The zero-order chi connectivity index (χ0) is 15.2. The molecule has 1 saturated heterocycles. The van der Waals surface area contributed by atoms with Crippen molar-refractivity contribution in [3.63, 3.8) is 0 Å². The van der Waals surface area contributed by atoms with Crippen molar-refractivity contribution < 1.29 is 28.8 Å². The third-order valence-electron chi connectivity index (χ3n) is 3.41. The average molecular weight is 311 g/mol. The molecule has 1 fully saturated rings. The van der Waals surface area contributed by atoms with Crippen molar-refractivity contribution in [2.24, 2.45) is 0 Å². The third kappa shape index (κ3) is 4.56. The van der Waals surface area contributed by atoms with E-state index in [9.17, 15) is 9.90 Å². The number of carbonyl (C=O) groups excluding carboxylic acids is 1. The first-order chi connectivity index (χ1) is 9.50. The summed E-state index contributed by atoms with van der Waals surface area (Å²) in [7, 11) is 3.03. The number of halogens is 1. The molecule has 0 saturated carbocycles. The zero-order valence-corrected chi connectivity index (χ0v) is 12.9. The molecule has 1 aliphatic rings. The molecular weight excluding hydrogens is 288 g/mol. The van der Waals surface area contributed by atoms with Gasteiger partial charge in [0.15, 0.2) is 5.79 Å². The van der Waals surface area contributed by atoms with E-state index in [4.69, 9.17) is 30.5 Å². The number of esters is 1. The van der Waals surface area contributed by atoms with Crippen LogP contribution in [0, 0.1) is 0 Å². The first-order valence-corrected chi connectivity index (χ1v) is 7.19. The van der Waals surface area contributed by atoms with Crippen molar-refractivity contribution in [3.05, 3.63) is 0 Å². The van der Waals surface area contributed by atoms with Gasteiger partial charge in [-0.2, -0.15) is 0 Å². The highest BCUT2D eigenvalue weighted by atomic mass is 35.5. The summed E-state index contributed by atoms with van der Waals surface area (Å²) in [5.41, 5.74) is 0. The Morgan fingerprint density at radius 3 is 2.75 bits per heavy atom. The van der Waals surface area contributed by atoms with Crippen LogP contribution in [0.1, 0.15) is 26.2 Å². The highest BCUT2D eigenvalue weighted by molar-refractivity contribution is 6.18. The summed E-state index contributed by atoms with van der Waals surface area (Å²) in [6, 6.07) is 0. The number of aliphatic hydroxyl groups is 1. The Morgan fingerprint density at radius 1 is 1.55 bits per heavy atom. The molecular formula is C13H23ClO6. The van der Waals surface area contributed by atoms with Gasteiger partial charge in [-0.25, -0.2) is 0 Å². The Morgan fingerprint density at radius 2 is 2.25 bits per heavy atom. The molecule has 7 heteroatoms. The molecule has 1 aliphatic heterocycles. The van der Waals surface area contributed by atoms with Crippen molar-refractivity contribution in [2.75, 3.05) is 26.7 Å².